The zero-order valence-corrected chi connectivity index (χ0v) is 15.7. The Kier molecular flexibility index (Phi) is 6.29. The van der Waals surface area contributed by atoms with Crippen LogP contribution in [0.1, 0.15) is 24.5 Å². The highest BCUT2D eigenvalue weighted by molar-refractivity contribution is 6.34. The average molecular weight is 390 g/mol. The molecule has 1 heterocycles. The summed E-state index contributed by atoms with van der Waals surface area (Å²) in [5.41, 5.74) is 2.02. The molecule has 2 aromatic carbocycles. The van der Waals surface area contributed by atoms with Crippen LogP contribution in [0.25, 0.3) is 0 Å². The Morgan fingerprint density at radius 3 is 2.78 bits per heavy atom. The summed E-state index contributed by atoms with van der Waals surface area (Å²) in [7, 11) is 0. The minimum atomic E-state index is -0.341. The SMILES string of the molecule is CCNC(=O)N(Cc1ccccc1F)C[C@@H]1CC(c2ccccc2Cl)=NO1. The number of nitrogens with zero attached hydrogens (tertiary/aromatic N) is 2. The number of urea groups is 1. The number of carbonyl (C=O) groups excluding carboxylic acids is 1. The van der Waals surface area contributed by atoms with E-state index < -0.39 is 0 Å². The number of rotatable bonds is 6. The van der Waals surface area contributed by atoms with E-state index in [1.807, 2.05) is 25.1 Å². The number of carbonyl (C=O) groups is 1. The van der Waals surface area contributed by atoms with Gasteiger partial charge in [-0.25, -0.2) is 9.18 Å². The van der Waals surface area contributed by atoms with Crippen LogP contribution in [0, 0.1) is 5.82 Å². The van der Waals surface area contributed by atoms with Crippen LogP contribution in [0.5, 0.6) is 0 Å². The van der Waals surface area contributed by atoms with Gasteiger partial charge in [-0.05, 0) is 19.1 Å². The smallest absolute Gasteiger partial charge is 0.317 e. The van der Waals surface area contributed by atoms with Crippen molar-refractivity contribution in [3.63, 3.8) is 0 Å². The Hall–Kier alpha value is -2.60. The molecule has 142 valence electrons. The number of halogens is 2. The van der Waals surface area contributed by atoms with E-state index in [1.54, 1.807) is 24.3 Å². The maximum Gasteiger partial charge on any atom is 0.317 e. The van der Waals surface area contributed by atoms with E-state index in [9.17, 15) is 9.18 Å². The van der Waals surface area contributed by atoms with Gasteiger partial charge in [-0.1, -0.05) is 53.2 Å². The van der Waals surface area contributed by atoms with E-state index in [4.69, 9.17) is 16.4 Å². The van der Waals surface area contributed by atoms with E-state index in [-0.39, 0.29) is 31.0 Å². The molecule has 0 unspecified atom stereocenters. The molecule has 1 aliphatic heterocycles. The third-order valence-corrected chi connectivity index (χ3v) is 4.61. The van der Waals surface area contributed by atoms with Crippen molar-refractivity contribution in [2.24, 2.45) is 5.16 Å². The van der Waals surface area contributed by atoms with E-state index in [0.717, 1.165) is 11.3 Å². The van der Waals surface area contributed by atoms with Gasteiger partial charge in [0.15, 0.2) is 6.10 Å². The highest BCUT2D eigenvalue weighted by Crippen LogP contribution is 2.23. The average Bonchev–Trinajstić information content (AvgIpc) is 3.12. The number of oxime groups is 1. The molecular formula is C20H21ClFN3O2. The summed E-state index contributed by atoms with van der Waals surface area (Å²) in [6.07, 6.45) is 0.211. The molecule has 0 saturated carbocycles. The van der Waals surface area contributed by atoms with Crippen molar-refractivity contribution >= 4 is 23.3 Å². The lowest BCUT2D eigenvalue weighted by Gasteiger charge is -2.25. The summed E-state index contributed by atoms with van der Waals surface area (Å²) >= 11 is 6.22. The van der Waals surface area contributed by atoms with Gasteiger partial charge in [-0.3, -0.25) is 0 Å². The minimum Gasteiger partial charge on any atom is -0.390 e. The summed E-state index contributed by atoms with van der Waals surface area (Å²) in [6, 6.07) is 13.6. The van der Waals surface area contributed by atoms with E-state index in [2.05, 4.69) is 10.5 Å². The Morgan fingerprint density at radius 2 is 2.04 bits per heavy atom. The lowest BCUT2D eigenvalue weighted by atomic mass is 10.0. The van der Waals surface area contributed by atoms with Crippen molar-refractivity contribution in [1.82, 2.24) is 10.2 Å². The first-order valence-corrected chi connectivity index (χ1v) is 9.20. The summed E-state index contributed by atoms with van der Waals surface area (Å²) < 4.78 is 14.0. The number of amides is 2. The molecule has 0 fully saturated rings. The van der Waals surface area contributed by atoms with Crippen LogP contribution in [0.4, 0.5) is 9.18 Å². The quantitative estimate of drug-likeness (QED) is 0.804. The Bertz CT molecular complexity index is 843. The van der Waals surface area contributed by atoms with E-state index >= 15 is 0 Å². The molecule has 0 spiro atoms. The second-order valence-corrected chi connectivity index (χ2v) is 6.66. The summed E-state index contributed by atoms with van der Waals surface area (Å²) in [4.78, 5) is 19.5. The number of nitrogens with one attached hydrogen (secondary N) is 1. The van der Waals surface area contributed by atoms with Gasteiger partial charge in [-0.15, -0.1) is 0 Å². The molecular weight excluding hydrogens is 369 g/mol. The monoisotopic (exact) mass is 389 g/mol. The number of hydrogen-bond acceptors (Lipinski definition) is 3. The molecule has 3 rings (SSSR count). The fourth-order valence-corrected chi connectivity index (χ4v) is 3.19. The molecule has 27 heavy (non-hydrogen) atoms. The normalized spacial score (nSPS) is 15.8. The highest BCUT2D eigenvalue weighted by Gasteiger charge is 2.28. The summed E-state index contributed by atoms with van der Waals surface area (Å²) in [5, 5.41) is 7.50. The molecule has 5 nitrogen and oxygen atoms in total. The largest absolute Gasteiger partial charge is 0.390 e. The third-order valence-electron chi connectivity index (χ3n) is 4.28. The molecule has 7 heteroatoms. The molecule has 2 aromatic rings. The molecule has 0 aliphatic carbocycles. The fourth-order valence-electron chi connectivity index (χ4n) is 2.94. The minimum absolute atomic E-state index is 0.153. The van der Waals surface area contributed by atoms with Gasteiger partial charge in [0.2, 0.25) is 0 Å². The van der Waals surface area contributed by atoms with Crippen molar-refractivity contribution in [2.45, 2.75) is 26.0 Å². The van der Waals surface area contributed by atoms with Gasteiger partial charge in [-0.2, -0.15) is 0 Å². The van der Waals surface area contributed by atoms with Gasteiger partial charge in [0.1, 0.15) is 5.82 Å². The molecule has 0 radical (unpaired) electrons. The maximum absolute atomic E-state index is 14.0. The zero-order chi connectivity index (χ0) is 19.2. The first-order valence-electron chi connectivity index (χ1n) is 8.82. The second kappa shape index (κ2) is 8.86. The van der Waals surface area contributed by atoms with Crippen LogP contribution in [0.3, 0.4) is 0 Å². The molecule has 0 aromatic heterocycles. The predicted molar refractivity (Wildman–Crippen MR) is 103 cm³/mol. The molecule has 2 amide bonds. The molecule has 1 atom stereocenters. The molecule has 0 saturated heterocycles. The second-order valence-electron chi connectivity index (χ2n) is 6.26. The van der Waals surface area contributed by atoms with E-state index in [0.29, 0.717) is 23.6 Å². The first-order chi connectivity index (χ1) is 13.1. The van der Waals surface area contributed by atoms with E-state index in [1.165, 1.54) is 11.0 Å². The van der Waals surface area contributed by atoms with Crippen molar-refractivity contribution in [2.75, 3.05) is 13.1 Å². The van der Waals surface area contributed by atoms with Crippen LogP contribution in [-0.2, 0) is 11.4 Å². The lowest BCUT2D eigenvalue weighted by molar-refractivity contribution is 0.0588. The number of benzene rings is 2. The van der Waals surface area contributed by atoms with Gasteiger partial charge < -0.3 is 15.1 Å². The van der Waals surface area contributed by atoms with Crippen molar-refractivity contribution in [1.29, 1.82) is 0 Å². The summed E-state index contributed by atoms with van der Waals surface area (Å²) in [6.45, 7) is 2.76. The van der Waals surface area contributed by atoms with Crippen LogP contribution < -0.4 is 5.32 Å². The molecule has 1 aliphatic rings. The maximum atomic E-state index is 14.0. The lowest BCUT2D eigenvalue weighted by Crippen LogP contribution is -2.43. The Balaban J connectivity index is 1.69. The Labute approximate surface area is 162 Å². The standard InChI is InChI=1S/C20H21ClFN3O2/c1-2-23-20(26)25(12-14-7-3-6-10-18(14)22)13-15-11-19(24-27-15)16-8-4-5-9-17(16)21/h3-10,15H,2,11-13H2,1H3,(H,23,26)/t15-/m0/s1. The van der Waals surface area contributed by atoms with Crippen molar-refractivity contribution in [3.8, 4) is 0 Å². The van der Waals surface area contributed by atoms with Crippen LogP contribution >= 0.6 is 11.6 Å². The topological polar surface area (TPSA) is 53.9 Å². The van der Waals surface area contributed by atoms with Gasteiger partial charge in [0, 0.05) is 29.1 Å². The predicted octanol–water partition coefficient (Wildman–Crippen LogP) is 4.20. The molecule has 1 N–H and O–H groups in total. The molecule has 0 bridgehead atoms. The third kappa shape index (κ3) is 4.77. The highest BCUT2D eigenvalue weighted by atomic mass is 35.5. The Morgan fingerprint density at radius 1 is 1.30 bits per heavy atom. The van der Waals surface area contributed by atoms with Gasteiger partial charge in [0.05, 0.1) is 18.8 Å². The van der Waals surface area contributed by atoms with Crippen LogP contribution in [0.15, 0.2) is 53.7 Å². The van der Waals surface area contributed by atoms with Gasteiger partial charge >= 0.3 is 6.03 Å². The van der Waals surface area contributed by atoms with Gasteiger partial charge in [0.25, 0.3) is 0 Å². The van der Waals surface area contributed by atoms with Crippen molar-refractivity contribution in [3.05, 3.63) is 70.5 Å². The van der Waals surface area contributed by atoms with Crippen LogP contribution in [-0.4, -0.2) is 35.8 Å². The van der Waals surface area contributed by atoms with Crippen LogP contribution in [0.2, 0.25) is 5.02 Å². The number of hydrogen-bond donors (Lipinski definition) is 1. The zero-order valence-electron chi connectivity index (χ0n) is 15.0. The van der Waals surface area contributed by atoms with Crippen molar-refractivity contribution < 1.29 is 14.0 Å². The summed E-state index contributed by atoms with van der Waals surface area (Å²) in [5.74, 6) is -0.341. The first kappa shape index (κ1) is 19.2. The fraction of sp³-hybridized carbons (Fsp3) is 0.300.